The Morgan fingerprint density at radius 2 is 2.67 bits per heavy atom. The molecule has 0 unspecified atom stereocenters. The molecule has 6 heavy (non-hydrogen) atoms. The van der Waals surface area contributed by atoms with Crippen LogP contribution in [0.4, 0.5) is 0 Å². The van der Waals surface area contributed by atoms with Crippen molar-refractivity contribution in [2.45, 2.75) is 6.42 Å². The summed E-state index contributed by atoms with van der Waals surface area (Å²) in [5, 5.41) is 0. The normalized spacial score (nSPS) is 17.3. The highest BCUT2D eigenvalue weighted by molar-refractivity contribution is 5.69. The second kappa shape index (κ2) is 1.65. The zero-order valence-corrected chi connectivity index (χ0v) is 3.46. The Balaban J connectivity index is 2.46. The van der Waals surface area contributed by atoms with E-state index < -0.39 is 0 Å². The van der Waals surface area contributed by atoms with Crippen molar-refractivity contribution < 1.29 is 0 Å². The van der Waals surface area contributed by atoms with Gasteiger partial charge < -0.3 is 0 Å². The Labute approximate surface area is 37.4 Å². The molecule has 0 aromatic heterocycles. The Morgan fingerprint density at radius 1 is 1.67 bits per heavy atom. The summed E-state index contributed by atoms with van der Waals surface area (Å²) < 4.78 is 0. The third kappa shape index (κ3) is 0.612. The SMILES string of the molecule is C1=CN=C[CH+]C1. The largest absolute Gasteiger partial charge is 0.222 e. The van der Waals surface area contributed by atoms with Crippen LogP contribution in [0.2, 0.25) is 0 Å². The fraction of sp³-hybridized carbons (Fsp3) is 0.200. The molecule has 0 aromatic carbocycles. The van der Waals surface area contributed by atoms with Crippen molar-refractivity contribution in [2.24, 2.45) is 4.99 Å². The minimum absolute atomic E-state index is 1.05. The van der Waals surface area contributed by atoms with Crippen LogP contribution in [0.15, 0.2) is 17.3 Å². The van der Waals surface area contributed by atoms with Crippen LogP contribution in [0.3, 0.4) is 0 Å². The molecule has 1 aliphatic rings. The Morgan fingerprint density at radius 3 is 2.83 bits per heavy atom. The van der Waals surface area contributed by atoms with Crippen molar-refractivity contribution in [3.63, 3.8) is 0 Å². The lowest BCUT2D eigenvalue weighted by Crippen LogP contribution is -1.77. The van der Waals surface area contributed by atoms with Gasteiger partial charge in [0.05, 0.1) is 0 Å². The van der Waals surface area contributed by atoms with Gasteiger partial charge in [-0.1, -0.05) is 0 Å². The zero-order chi connectivity index (χ0) is 4.24. The number of hydrogen-bond acceptors (Lipinski definition) is 1. The standard InChI is InChI=1S/C5H6N/c1-2-4-6-5-3-1/h2-5H,1H2/q+1. The average molecular weight is 80.1 g/mol. The molecule has 0 fully saturated rings. The van der Waals surface area contributed by atoms with Crippen molar-refractivity contribution in [1.82, 2.24) is 0 Å². The predicted octanol–water partition coefficient (Wildman–Crippen LogP) is 1.18. The maximum Gasteiger partial charge on any atom is 0.184 e. The van der Waals surface area contributed by atoms with Crippen LogP contribution in [0.5, 0.6) is 0 Å². The molecule has 1 nitrogen and oxygen atoms in total. The number of aliphatic imine (C=N–C) groups is 1. The molecule has 0 saturated heterocycles. The summed E-state index contributed by atoms with van der Waals surface area (Å²) in [6.07, 6.45) is 8.68. The number of allylic oxidation sites excluding steroid dienone is 1. The topological polar surface area (TPSA) is 12.4 Å². The molecule has 0 amide bonds. The molecule has 0 aliphatic carbocycles. The number of hydrogen-bond donors (Lipinski definition) is 0. The summed E-state index contributed by atoms with van der Waals surface area (Å²) in [6.45, 7) is 0. The highest BCUT2D eigenvalue weighted by Gasteiger charge is 1.90. The summed E-state index contributed by atoms with van der Waals surface area (Å²) in [4.78, 5) is 3.82. The van der Waals surface area contributed by atoms with Gasteiger partial charge in [0.1, 0.15) is 12.8 Å². The number of nitrogens with zero attached hydrogens (tertiary/aromatic N) is 1. The Hall–Kier alpha value is -0.720. The van der Waals surface area contributed by atoms with Gasteiger partial charge in [-0.2, -0.15) is 0 Å². The lowest BCUT2D eigenvalue weighted by atomic mass is 10.3. The second-order valence-corrected chi connectivity index (χ2v) is 1.15. The van der Waals surface area contributed by atoms with E-state index in [1.807, 2.05) is 12.5 Å². The summed E-state index contributed by atoms with van der Waals surface area (Å²) in [6, 6.07) is 0. The molecule has 0 radical (unpaired) electrons. The van der Waals surface area contributed by atoms with Crippen LogP contribution in [0, 0.1) is 6.42 Å². The molecule has 1 heteroatoms. The Bertz CT molecular complexity index is 69.9. The fourth-order valence-corrected chi connectivity index (χ4v) is 0.372. The van der Waals surface area contributed by atoms with E-state index in [9.17, 15) is 0 Å². The minimum Gasteiger partial charge on any atom is -0.222 e. The van der Waals surface area contributed by atoms with Gasteiger partial charge >= 0.3 is 0 Å². The molecule has 0 aromatic rings. The molecular weight excluding hydrogens is 74.1 g/mol. The lowest BCUT2D eigenvalue weighted by molar-refractivity contribution is 1.28. The van der Waals surface area contributed by atoms with Crippen LogP contribution in [-0.4, -0.2) is 6.21 Å². The van der Waals surface area contributed by atoms with Crippen molar-refractivity contribution in [2.75, 3.05) is 0 Å². The highest BCUT2D eigenvalue weighted by Crippen LogP contribution is 1.91. The van der Waals surface area contributed by atoms with Crippen molar-refractivity contribution in [3.05, 3.63) is 18.7 Å². The summed E-state index contributed by atoms with van der Waals surface area (Å²) in [5.41, 5.74) is 0. The molecule has 0 saturated carbocycles. The van der Waals surface area contributed by atoms with Crippen LogP contribution in [-0.2, 0) is 0 Å². The van der Waals surface area contributed by atoms with Crippen molar-refractivity contribution >= 4 is 6.21 Å². The summed E-state index contributed by atoms with van der Waals surface area (Å²) >= 11 is 0. The van der Waals surface area contributed by atoms with Crippen molar-refractivity contribution in [1.29, 1.82) is 0 Å². The van der Waals surface area contributed by atoms with E-state index >= 15 is 0 Å². The van der Waals surface area contributed by atoms with Gasteiger partial charge in [-0.25, -0.2) is 4.99 Å². The maximum absolute atomic E-state index is 3.82. The van der Waals surface area contributed by atoms with Gasteiger partial charge in [0.25, 0.3) is 0 Å². The molecular formula is C5H6N+. The van der Waals surface area contributed by atoms with Crippen LogP contribution in [0.25, 0.3) is 0 Å². The van der Waals surface area contributed by atoms with E-state index in [4.69, 9.17) is 0 Å². The molecule has 1 rings (SSSR count). The van der Waals surface area contributed by atoms with Gasteiger partial charge in [-0.05, 0) is 6.08 Å². The highest BCUT2D eigenvalue weighted by atomic mass is 14.7. The maximum atomic E-state index is 3.82. The van der Waals surface area contributed by atoms with Gasteiger partial charge in [0, 0.05) is 6.20 Å². The monoisotopic (exact) mass is 80.0 g/mol. The van der Waals surface area contributed by atoms with E-state index in [-0.39, 0.29) is 0 Å². The van der Waals surface area contributed by atoms with Gasteiger partial charge in [-0.15, -0.1) is 0 Å². The first-order chi connectivity index (χ1) is 3.00. The molecule has 0 bridgehead atoms. The fourth-order valence-electron chi connectivity index (χ4n) is 0.372. The van der Waals surface area contributed by atoms with Crippen LogP contribution < -0.4 is 0 Å². The van der Waals surface area contributed by atoms with Gasteiger partial charge in [-0.3, -0.25) is 0 Å². The predicted molar refractivity (Wildman–Crippen MR) is 26.5 cm³/mol. The first-order valence-corrected chi connectivity index (χ1v) is 2.00. The third-order valence-corrected chi connectivity index (χ3v) is 0.655. The number of rotatable bonds is 0. The third-order valence-electron chi connectivity index (χ3n) is 0.655. The summed E-state index contributed by atoms with van der Waals surface area (Å²) in [5.74, 6) is 0. The van der Waals surface area contributed by atoms with Crippen LogP contribution >= 0.6 is 0 Å². The quantitative estimate of drug-likeness (QED) is 0.387. The lowest BCUT2D eigenvalue weighted by Gasteiger charge is -1.78. The van der Waals surface area contributed by atoms with Gasteiger partial charge in [0.2, 0.25) is 0 Å². The van der Waals surface area contributed by atoms with E-state index in [2.05, 4.69) is 4.99 Å². The van der Waals surface area contributed by atoms with Gasteiger partial charge in [0.15, 0.2) is 6.21 Å². The minimum atomic E-state index is 1.05. The van der Waals surface area contributed by atoms with Crippen molar-refractivity contribution in [3.8, 4) is 0 Å². The molecule has 0 spiro atoms. The van der Waals surface area contributed by atoms with Crippen LogP contribution in [0.1, 0.15) is 6.42 Å². The summed E-state index contributed by atoms with van der Waals surface area (Å²) in [7, 11) is 0. The zero-order valence-electron chi connectivity index (χ0n) is 3.46. The van der Waals surface area contributed by atoms with E-state index in [0.29, 0.717) is 0 Å². The average Bonchev–Trinajstić information content (AvgIpc) is 1.72. The van der Waals surface area contributed by atoms with E-state index in [1.54, 1.807) is 12.4 Å². The molecule has 30 valence electrons. The molecule has 0 atom stereocenters. The molecule has 0 N–H and O–H groups in total. The van der Waals surface area contributed by atoms with E-state index in [1.165, 1.54) is 0 Å². The first kappa shape index (κ1) is 3.47. The van der Waals surface area contributed by atoms with E-state index in [0.717, 1.165) is 6.42 Å². The Kier molecular flexibility index (Phi) is 0.955. The molecule has 1 heterocycles. The molecule has 1 aliphatic heterocycles. The first-order valence-electron chi connectivity index (χ1n) is 2.00. The second-order valence-electron chi connectivity index (χ2n) is 1.15. The smallest absolute Gasteiger partial charge is 0.184 e.